The van der Waals surface area contributed by atoms with E-state index in [1.807, 2.05) is 16.3 Å². The highest BCUT2D eigenvalue weighted by Crippen LogP contribution is 2.29. The number of rotatable bonds is 2. The number of carbonyl (C=O) groups excluding carboxylic acids is 2. The van der Waals surface area contributed by atoms with Gasteiger partial charge in [0.2, 0.25) is 11.8 Å². The average Bonchev–Trinajstić information content (AvgIpc) is 3.18. The van der Waals surface area contributed by atoms with Gasteiger partial charge in [0, 0.05) is 37.6 Å². The molecule has 2 aliphatic heterocycles. The molecule has 6 heteroatoms. The van der Waals surface area contributed by atoms with Gasteiger partial charge in [-0.2, -0.15) is 0 Å². The molecule has 24 heavy (non-hydrogen) atoms. The summed E-state index contributed by atoms with van der Waals surface area (Å²) < 4.78 is 0. The van der Waals surface area contributed by atoms with E-state index in [4.69, 9.17) is 0 Å². The van der Waals surface area contributed by atoms with E-state index in [-0.39, 0.29) is 24.2 Å². The summed E-state index contributed by atoms with van der Waals surface area (Å²) in [4.78, 5) is 33.0. The summed E-state index contributed by atoms with van der Waals surface area (Å²) in [5.74, 6) is -0.163. The number of aryl methyl sites for hydroxylation is 1. The fraction of sp³-hybridized carbons (Fsp3) is 0.389. The lowest BCUT2D eigenvalue weighted by molar-refractivity contribution is -0.136. The molecular weight excluding hydrogens is 322 g/mol. The zero-order valence-electron chi connectivity index (χ0n) is 13.4. The number of benzene rings is 1. The molecular formula is C18H19N3O2S. The minimum atomic E-state index is -0.258. The van der Waals surface area contributed by atoms with Crippen molar-refractivity contribution in [3.63, 3.8) is 0 Å². The minimum Gasteiger partial charge on any atom is -0.338 e. The second-order valence-corrected chi connectivity index (χ2v) is 7.23. The highest BCUT2D eigenvalue weighted by atomic mass is 32.1. The van der Waals surface area contributed by atoms with Crippen LogP contribution in [0.1, 0.15) is 24.0 Å². The van der Waals surface area contributed by atoms with Crippen LogP contribution in [-0.4, -0.2) is 34.8 Å². The van der Waals surface area contributed by atoms with Gasteiger partial charge in [0.15, 0.2) is 5.13 Å². The Labute approximate surface area is 144 Å². The van der Waals surface area contributed by atoms with Crippen LogP contribution in [0, 0.1) is 5.92 Å². The number of hydrogen-bond acceptors (Lipinski definition) is 4. The predicted octanol–water partition coefficient (Wildman–Crippen LogP) is 2.47. The average molecular weight is 341 g/mol. The summed E-state index contributed by atoms with van der Waals surface area (Å²) >= 11 is 1.44. The standard InChI is InChI=1S/C18H19N3O2S/c22-16-10-15(12-21(16)18-19-7-9-24-18)17(23)20-8-3-6-13-4-1-2-5-14(13)11-20/h1-2,4-5,7,9,15H,3,6,8,10-12H2. The van der Waals surface area contributed by atoms with Crippen molar-refractivity contribution in [2.24, 2.45) is 5.92 Å². The number of thiazole rings is 1. The molecule has 2 aliphatic rings. The molecule has 1 fully saturated rings. The molecule has 1 aromatic carbocycles. The van der Waals surface area contributed by atoms with Crippen LogP contribution in [0.2, 0.25) is 0 Å². The fourth-order valence-corrected chi connectivity index (χ4v) is 4.22. The molecule has 3 heterocycles. The fourth-order valence-electron chi connectivity index (χ4n) is 3.55. The number of nitrogens with zero attached hydrogens (tertiary/aromatic N) is 3. The molecule has 0 radical (unpaired) electrons. The van der Waals surface area contributed by atoms with Gasteiger partial charge in [-0.1, -0.05) is 24.3 Å². The van der Waals surface area contributed by atoms with Gasteiger partial charge in [0.25, 0.3) is 0 Å². The third-order valence-electron chi connectivity index (χ3n) is 4.79. The maximum atomic E-state index is 13.0. The maximum absolute atomic E-state index is 13.0. The van der Waals surface area contributed by atoms with Crippen molar-refractivity contribution >= 4 is 28.3 Å². The summed E-state index contributed by atoms with van der Waals surface area (Å²) in [7, 11) is 0. The Morgan fingerprint density at radius 2 is 2.08 bits per heavy atom. The molecule has 2 aromatic rings. The molecule has 1 unspecified atom stereocenters. The molecule has 0 saturated carbocycles. The molecule has 1 aromatic heterocycles. The molecule has 0 aliphatic carbocycles. The second-order valence-electron chi connectivity index (χ2n) is 6.35. The molecule has 5 nitrogen and oxygen atoms in total. The van der Waals surface area contributed by atoms with Gasteiger partial charge in [-0.25, -0.2) is 4.98 Å². The van der Waals surface area contributed by atoms with Crippen molar-refractivity contribution in [3.8, 4) is 0 Å². The van der Waals surface area contributed by atoms with Crippen molar-refractivity contribution in [2.75, 3.05) is 18.0 Å². The number of hydrogen-bond donors (Lipinski definition) is 0. The smallest absolute Gasteiger partial charge is 0.229 e. The van der Waals surface area contributed by atoms with E-state index in [1.165, 1.54) is 22.5 Å². The minimum absolute atomic E-state index is 0.00137. The number of anilines is 1. The monoisotopic (exact) mass is 341 g/mol. The Balaban J connectivity index is 1.49. The lowest BCUT2D eigenvalue weighted by atomic mass is 10.0. The van der Waals surface area contributed by atoms with E-state index in [0.29, 0.717) is 18.2 Å². The topological polar surface area (TPSA) is 53.5 Å². The third kappa shape index (κ3) is 2.82. The molecule has 1 atom stereocenters. The number of aromatic nitrogens is 1. The van der Waals surface area contributed by atoms with Crippen LogP contribution in [0.15, 0.2) is 35.8 Å². The van der Waals surface area contributed by atoms with Gasteiger partial charge < -0.3 is 4.90 Å². The van der Waals surface area contributed by atoms with E-state index >= 15 is 0 Å². The lowest BCUT2D eigenvalue weighted by Gasteiger charge is -2.24. The van der Waals surface area contributed by atoms with E-state index in [0.717, 1.165) is 19.4 Å². The number of carbonyl (C=O) groups is 2. The summed E-state index contributed by atoms with van der Waals surface area (Å²) in [6.45, 7) is 1.86. The summed E-state index contributed by atoms with van der Waals surface area (Å²) in [6, 6.07) is 8.32. The normalized spacial score (nSPS) is 20.8. The molecule has 0 bridgehead atoms. The Bertz CT molecular complexity index is 759. The van der Waals surface area contributed by atoms with E-state index in [9.17, 15) is 9.59 Å². The Hall–Kier alpha value is -2.21. The molecule has 1 saturated heterocycles. The zero-order chi connectivity index (χ0) is 16.5. The molecule has 124 valence electrons. The first-order chi connectivity index (χ1) is 11.7. The summed E-state index contributed by atoms with van der Waals surface area (Å²) in [5, 5.41) is 2.54. The van der Waals surface area contributed by atoms with Crippen molar-refractivity contribution in [3.05, 3.63) is 47.0 Å². The van der Waals surface area contributed by atoms with Gasteiger partial charge in [0.05, 0.1) is 5.92 Å². The lowest BCUT2D eigenvalue weighted by Crippen LogP contribution is -2.37. The van der Waals surface area contributed by atoms with Crippen LogP contribution in [-0.2, 0) is 22.6 Å². The summed E-state index contributed by atoms with van der Waals surface area (Å²) in [6.07, 6.45) is 3.96. The third-order valence-corrected chi connectivity index (χ3v) is 5.58. The highest BCUT2D eigenvalue weighted by Gasteiger charge is 2.38. The number of fused-ring (bicyclic) bond motifs is 1. The van der Waals surface area contributed by atoms with E-state index < -0.39 is 0 Å². The van der Waals surface area contributed by atoms with E-state index in [2.05, 4.69) is 23.2 Å². The molecule has 4 rings (SSSR count). The number of amides is 2. The predicted molar refractivity (Wildman–Crippen MR) is 92.8 cm³/mol. The molecule has 2 amide bonds. The van der Waals surface area contributed by atoms with Crippen LogP contribution in [0.25, 0.3) is 0 Å². The Morgan fingerprint density at radius 1 is 1.25 bits per heavy atom. The first-order valence-corrected chi connectivity index (χ1v) is 9.16. The van der Waals surface area contributed by atoms with Crippen LogP contribution in [0.5, 0.6) is 0 Å². The summed E-state index contributed by atoms with van der Waals surface area (Å²) in [5.41, 5.74) is 2.56. The van der Waals surface area contributed by atoms with Gasteiger partial charge in [-0.05, 0) is 24.0 Å². The van der Waals surface area contributed by atoms with E-state index in [1.54, 1.807) is 11.1 Å². The van der Waals surface area contributed by atoms with Gasteiger partial charge in [-0.3, -0.25) is 14.5 Å². The van der Waals surface area contributed by atoms with Crippen molar-refractivity contribution in [1.82, 2.24) is 9.88 Å². The first kappa shape index (κ1) is 15.3. The molecule has 0 N–H and O–H groups in total. The Kier molecular flexibility index (Phi) is 4.06. The second kappa shape index (κ2) is 6.36. The zero-order valence-corrected chi connectivity index (χ0v) is 14.2. The van der Waals surface area contributed by atoms with Gasteiger partial charge >= 0.3 is 0 Å². The largest absolute Gasteiger partial charge is 0.338 e. The van der Waals surface area contributed by atoms with Gasteiger partial charge in [-0.15, -0.1) is 11.3 Å². The Morgan fingerprint density at radius 3 is 2.88 bits per heavy atom. The van der Waals surface area contributed by atoms with Crippen LogP contribution in [0.4, 0.5) is 5.13 Å². The highest BCUT2D eigenvalue weighted by molar-refractivity contribution is 7.13. The van der Waals surface area contributed by atoms with Crippen LogP contribution < -0.4 is 4.90 Å². The van der Waals surface area contributed by atoms with Crippen molar-refractivity contribution < 1.29 is 9.59 Å². The van der Waals surface area contributed by atoms with Crippen LogP contribution in [0.3, 0.4) is 0 Å². The quantitative estimate of drug-likeness (QED) is 0.843. The van der Waals surface area contributed by atoms with Crippen LogP contribution >= 0.6 is 11.3 Å². The van der Waals surface area contributed by atoms with Crippen molar-refractivity contribution in [1.29, 1.82) is 0 Å². The van der Waals surface area contributed by atoms with Crippen molar-refractivity contribution in [2.45, 2.75) is 25.8 Å². The van der Waals surface area contributed by atoms with Gasteiger partial charge in [0.1, 0.15) is 0 Å². The first-order valence-electron chi connectivity index (χ1n) is 8.28. The SMILES string of the molecule is O=C(C1CC(=O)N(c2nccs2)C1)N1CCCc2ccccc2C1. The maximum Gasteiger partial charge on any atom is 0.229 e. The molecule has 0 spiro atoms.